The topological polar surface area (TPSA) is 75.7 Å². The molecule has 2 heterocycles. The highest BCUT2D eigenvalue weighted by Crippen LogP contribution is 2.47. The maximum atomic E-state index is 13.2. The summed E-state index contributed by atoms with van der Waals surface area (Å²) in [6.07, 6.45) is 0.959. The lowest BCUT2D eigenvalue weighted by molar-refractivity contribution is 0.0827. The summed E-state index contributed by atoms with van der Waals surface area (Å²) in [7, 11) is -0.491. The number of benzene rings is 2. The Balaban J connectivity index is 1.73. The van der Waals surface area contributed by atoms with E-state index >= 15 is 0 Å². The van der Waals surface area contributed by atoms with E-state index in [1.165, 1.54) is 17.0 Å². The van der Waals surface area contributed by atoms with Crippen molar-refractivity contribution in [3.63, 3.8) is 0 Å². The second-order valence-electron chi connectivity index (χ2n) is 7.87. The van der Waals surface area contributed by atoms with Crippen molar-refractivity contribution in [2.75, 3.05) is 27.2 Å². The summed E-state index contributed by atoms with van der Waals surface area (Å²) in [4.78, 5) is 13.9. The molecule has 6 nitrogen and oxygen atoms in total. The van der Waals surface area contributed by atoms with E-state index in [-0.39, 0.29) is 27.2 Å². The van der Waals surface area contributed by atoms with Gasteiger partial charge in [0.05, 0.1) is 9.79 Å². The Hall–Kier alpha value is -2.38. The minimum atomic E-state index is -3.76. The third-order valence-corrected chi connectivity index (χ3v) is 7.56. The molecule has 0 bridgehead atoms. The minimum absolute atomic E-state index is 0.00949. The van der Waals surface area contributed by atoms with Crippen LogP contribution in [0.2, 0.25) is 0 Å². The lowest BCUT2D eigenvalue weighted by Gasteiger charge is -2.35. The summed E-state index contributed by atoms with van der Waals surface area (Å²) in [5, 5.41) is 3.33. The molecule has 0 radical (unpaired) electrons. The Morgan fingerprint density at radius 2 is 1.93 bits per heavy atom. The third kappa shape index (κ3) is 2.89. The van der Waals surface area contributed by atoms with Crippen LogP contribution in [0.15, 0.2) is 52.3 Å². The van der Waals surface area contributed by atoms with Crippen LogP contribution in [0.25, 0.3) is 0 Å². The van der Waals surface area contributed by atoms with Crippen molar-refractivity contribution in [2.45, 2.75) is 34.7 Å². The molecule has 1 amide bonds. The lowest BCUT2D eigenvalue weighted by Crippen LogP contribution is -2.49. The van der Waals surface area contributed by atoms with Crippen LogP contribution in [0.1, 0.15) is 29.3 Å². The van der Waals surface area contributed by atoms with Crippen LogP contribution in [0.5, 0.6) is 5.75 Å². The van der Waals surface area contributed by atoms with Gasteiger partial charge < -0.3 is 15.0 Å². The largest absolute Gasteiger partial charge is 0.488 e. The lowest BCUT2D eigenvalue weighted by atomic mass is 9.74. The van der Waals surface area contributed by atoms with Gasteiger partial charge in [0.1, 0.15) is 11.9 Å². The number of rotatable bonds is 3. The fourth-order valence-electron chi connectivity index (χ4n) is 4.03. The van der Waals surface area contributed by atoms with Gasteiger partial charge in [-0.05, 0) is 43.3 Å². The molecule has 2 unspecified atom stereocenters. The van der Waals surface area contributed by atoms with Crippen molar-refractivity contribution in [3.8, 4) is 5.75 Å². The fourth-order valence-corrected chi connectivity index (χ4v) is 5.35. The molecule has 2 aliphatic rings. The first kappa shape index (κ1) is 19.0. The van der Waals surface area contributed by atoms with Crippen molar-refractivity contribution >= 4 is 15.7 Å². The van der Waals surface area contributed by atoms with Crippen LogP contribution in [-0.4, -0.2) is 52.5 Å². The average molecular weight is 401 g/mol. The van der Waals surface area contributed by atoms with Gasteiger partial charge in [-0.3, -0.25) is 4.79 Å². The van der Waals surface area contributed by atoms with Gasteiger partial charge in [0.25, 0.3) is 5.91 Å². The number of ether oxygens (including phenoxy) is 1. The van der Waals surface area contributed by atoms with Crippen LogP contribution >= 0.6 is 0 Å². The molecule has 2 atom stereocenters. The van der Waals surface area contributed by atoms with Gasteiger partial charge in [0.15, 0.2) is 0 Å². The Kier molecular flexibility index (Phi) is 4.47. The Bertz CT molecular complexity index is 1050. The van der Waals surface area contributed by atoms with Gasteiger partial charge in [-0.1, -0.05) is 19.1 Å². The number of carbonyl (C=O) groups is 1. The van der Waals surface area contributed by atoms with Crippen molar-refractivity contribution < 1.29 is 17.9 Å². The Morgan fingerprint density at radius 1 is 1.18 bits per heavy atom. The molecule has 0 spiro atoms. The predicted octanol–water partition coefficient (Wildman–Crippen LogP) is 2.23. The van der Waals surface area contributed by atoms with E-state index in [1.807, 2.05) is 6.07 Å². The molecule has 28 heavy (non-hydrogen) atoms. The number of hydrogen-bond acceptors (Lipinski definition) is 5. The first-order chi connectivity index (χ1) is 13.2. The molecule has 148 valence electrons. The number of sulfone groups is 1. The molecule has 1 saturated heterocycles. The van der Waals surface area contributed by atoms with E-state index in [2.05, 4.69) is 12.2 Å². The van der Waals surface area contributed by atoms with E-state index in [0.717, 1.165) is 25.1 Å². The van der Waals surface area contributed by atoms with Crippen LogP contribution in [-0.2, 0) is 15.3 Å². The van der Waals surface area contributed by atoms with Crippen LogP contribution in [0, 0.1) is 0 Å². The van der Waals surface area contributed by atoms with Gasteiger partial charge in [-0.2, -0.15) is 0 Å². The molecule has 0 aliphatic carbocycles. The molecule has 7 heteroatoms. The fraction of sp³-hybridized carbons (Fsp3) is 0.381. The standard InChI is InChI=1S/C21H24N2O4S/c1-21-9-10-22-13-19(21)27-18-12-16(7-8-17(18)21)28(25,26)15-6-4-5-14(11-15)20(24)23(2)3/h4-8,11-12,19,22H,9-10,13H2,1-3H3. The first-order valence-corrected chi connectivity index (χ1v) is 10.8. The smallest absolute Gasteiger partial charge is 0.253 e. The third-order valence-electron chi connectivity index (χ3n) is 5.81. The average Bonchev–Trinajstić information content (AvgIpc) is 2.99. The van der Waals surface area contributed by atoms with Crippen molar-refractivity contribution in [1.82, 2.24) is 10.2 Å². The van der Waals surface area contributed by atoms with E-state index in [1.54, 1.807) is 38.4 Å². The Morgan fingerprint density at radius 3 is 2.68 bits per heavy atom. The number of nitrogens with zero attached hydrogens (tertiary/aromatic N) is 1. The monoisotopic (exact) mass is 400 g/mol. The molecule has 1 N–H and O–H groups in total. The second-order valence-corrected chi connectivity index (χ2v) is 9.82. The SMILES string of the molecule is CN(C)C(=O)c1cccc(S(=O)(=O)c2ccc3c(c2)OC2CNCCC32C)c1. The zero-order valence-corrected chi connectivity index (χ0v) is 17.0. The number of amides is 1. The number of fused-ring (bicyclic) bond motifs is 3. The van der Waals surface area contributed by atoms with Crippen LogP contribution < -0.4 is 10.1 Å². The first-order valence-electron chi connectivity index (χ1n) is 9.32. The highest BCUT2D eigenvalue weighted by Gasteiger charge is 2.46. The zero-order valence-electron chi connectivity index (χ0n) is 16.2. The van der Waals surface area contributed by atoms with Gasteiger partial charge in [0, 0.05) is 37.2 Å². The minimum Gasteiger partial charge on any atom is -0.488 e. The summed E-state index contributed by atoms with van der Waals surface area (Å²) in [5.41, 5.74) is 1.31. The molecule has 4 rings (SSSR count). The molecule has 0 saturated carbocycles. The summed E-state index contributed by atoms with van der Waals surface area (Å²) in [6, 6.07) is 11.3. The predicted molar refractivity (Wildman–Crippen MR) is 106 cm³/mol. The van der Waals surface area contributed by atoms with Crippen LogP contribution in [0.4, 0.5) is 0 Å². The van der Waals surface area contributed by atoms with Crippen molar-refractivity contribution in [2.24, 2.45) is 0 Å². The van der Waals surface area contributed by atoms with E-state index in [4.69, 9.17) is 4.74 Å². The van der Waals surface area contributed by atoms with Gasteiger partial charge in [-0.25, -0.2) is 8.42 Å². The van der Waals surface area contributed by atoms with Crippen molar-refractivity contribution in [3.05, 3.63) is 53.6 Å². The molecule has 2 aliphatic heterocycles. The Labute approximate surface area is 165 Å². The summed E-state index contributed by atoms with van der Waals surface area (Å²) >= 11 is 0. The van der Waals surface area contributed by atoms with Crippen LogP contribution in [0.3, 0.4) is 0 Å². The number of hydrogen-bond donors (Lipinski definition) is 1. The number of carbonyl (C=O) groups excluding carboxylic acids is 1. The van der Waals surface area contributed by atoms with Gasteiger partial charge >= 0.3 is 0 Å². The zero-order chi connectivity index (χ0) is 20.1. The maximum Gasteiger partial charge on any atom is 0.253 e. The number of piperidine rings is 1. The second kappa shape index (κ2) is 6.60. The molecular formula is C21H24N2O4S. The normalized spacial score (nSPS) is 23.5. The summed E-state index contributed by atoms with van der Waals surface area (Å²) in [5.74, 6) is 0.400. The highest BCUT2D eigenvalue weighted by atomic mass is 32.2. The summed E-state index contributed by atoms with van der Waals surface area (Å²) in [6.45, 7) is 3.85. The highest BCUT2D eigenvalue weighted by molar-refractivity contribution is 7.91. The quantitative estimate of drug-likeness (QED) is 0.855. The molecule has 0 aromatic heterocycles. The molecular weight excluding hydrogens is 376 g/mol. The van der Waals surface area contributed by atoms with Gasteiger partial charge in [-0.15, -0.1) is 0 Å². The maximum absolute atomic E-state index is 13.2. The van der Waals surface area contributed by atoms with E-state index in [9.17, 15) is 13.2 Å². The number of nitrogens with one attached hydrogen (secondary N) is 1. The van der Waals surface area contributed by atoms with Crippen molar-refractivity contribution in [1.29, 1.82) is 0 Å². The molecule has 1 fully saturated rings. The van der Waals surface area contributed by atoms with Gasteiger partial charge in [0.2, 0.25) is 9.84 Å². The van der Waals surface area contributed by atoms with E-state index in [0.29, 0.717) is 11.3 Å². The molecule has 2 aromatic carbocycles. The summed E-state index contributed by atoms with van der Waals surface area (Å²) < 4.78 is 32.5. The molecule has 2 aromatic rings. The van der Waals surface area contributed by atoms with E-state index < -0.39 is 9.84 Å².